The van der Waals surface area contributed by atoms with Crippen molar-refractivity contribution in [1.82, 2.24) is 4.57 Å². The van der Waals surface area contributed by atoms with Gasteiger partial charge in [-0.25, -0.2) is 9.18 Å². The van der Waals surface area contributed by atoms with Crippen molar-refractivity contribution < 1.29 is 37.3 Å². The Morgan fingerprint density at radius 2 is 1.77 bits per heavy atom. The average molecular weight is 437 g/mol. The smallest absolute Gasteiger partial charge is 0.417 e. The summed E-state index contributed by atoms with van der Waals surface area (Å²) in [6.45, 7) is 0.978. The fourth-order valence-electron chi connectivity index (χ4n) is 3.32. The number of carbonyl (C=O) groups is 1. The van der Waals surface area contributed by atoms with Gasteiger partial charge in [-0.15, -0.1) is 0 Å². The number of aliphatic hydroxyl groups excluding tert-OH is 1. The third-order valence-corrected chi connectivity index (χ3v) is 4.71. The van der Waals surface area contributed by atoms with Crippen LogP contribution in [-0.2, 0) is 12.7 Å². The molecule has 0 aliphatic carbocycles. The predicted molar refractivity (Wildman–Crippen MR) is 104 cm³/mol. The molecule has 0 fully saturated rings. The van der Waals surface area contributed by atoms with Crippen molar-refractivity contribution in [2.45, 2.75) is 25.7 Å². The van der Waals surface area contributed by atoms with Gasteiger partial charge in [0, 0.05) is 11.8 Å². The zero-order valence-electron chi connectivity index (χ0n) is 16.4. The lowest BCUT2D eigenvalue weighted by molar-refractivity contribution is -0.137. The zero-order valence-corrected chi connectivity index (χ0v) is 16.4. The van der Waals surface area contributed by atoms with Gasteiger partial charge in [0.2, 0.25) is 0 Å². The lowest BCUT2D eigenvalue weighted by Gasteiger charge is -2.18. The summed E-state index contributed by atoms with van der Waals surface area (Å²) >= 11 is 0. The summed E-state index contributed by atoms with van der Waals surface area (Å²) in [7, 11) is 0. The normalized spacial score (nSPS) is 12.6. The molecule has 5 nitrogen and oxygen atoms in total. The number of benzene rings is 2. The number of ether oxygens (including phenoxy) is 1. The van der Waals surface area contributed by atoms with Gasteiger partial charge in [-0.05, 0) is 42.8 Å². The second-order valence-electron chi connectivity index (χ2n) is 6.94. The molecule has 0 unspecified atom stereocenters. The molecule has 3 aromatic rings. The van der Waals surface area contributed by atoms with E-state index in [1.807, 2.05) is 0 Å². The van der Waals surface area contributed by atoms with E-state index in [1.54, 1.807) is 0 Å². The minimum atomic E-state index is -4.65. The SMILES string of the molecule is Cc1c(C(=O)O)cn(C[C@@H](O)COc2ccc(F)cc2)c1-c1ccccc1C(F)(F)F. The van der Waals surface area contributed by atoms with Crippen molar-refractivity contribution in [3.8, 4) is 17.0 Å². The first-order valence-corrected chi connectivity index (χ1v) is 9.24. The molecule has 164 valence electrons. The van der Waals surface area contributed by atoms with Gasteiger partial charge < -0.3 is 19.5 Å². The van der Waals surface area contributed by atoms with Crippen molar-refractivity contribution in [2.75, 3.05) is 6.61 Å². The van der Waals surface area contributed by atoms with Crippen molar-refractivity contribution in [1.29, 1.82) is 0 Å². The molecule has 1 aromatic heterocycles. The van der Waals surface area contributed by atoms with Crippen LogP contribution in [0, 0.1) is 12.7 Å². The average Bonchev–Trinajstić information content (AvgIpc) is 3.03. The summed E-state index contributed by atoms with van der Waals surface area (Å²) in [5, 5.41) is 19.8. The molecule has 0 spiro atoms. The maximum absolute atomic E-state index is 13.5. The molecule has 0 bridgehead atoms. The molecule has 0 radical (unpaired) electrons. The lowest BCUT2D eigenvalue weighted by Crippen LogP contribution is -2.24. The number of carboxylic acids is 1. The van der Waals surface area contributed by atoms with Gasteiger partial charge in [-0.3, -0.25) is 0 Å². The molecule has 1 heterocycles. The summed E-state index contributed by atoms with van der Waals surface area (Å²) in [4.78, 5) is 11.6. The van der Waals surface area contributed by atoms with Crippen LogP contribution in [0.15, 0.2) is 54.7 Å². The van der Waals surface area contributed by atoms with Crippen LogP contribution < -0.4 is 4.74 Å². The summed E-state index contributed by atoms with van der Waals surface area (Å²) in [6.07, 6.45) is -4.62. The maximum Gasteiger partial charge on any atom is 0.417 e. The number of nitrogens with zero attached hydrogens (tertiary/aromatic N) is 1. The van der Waals surface area contributed by atoms with Crippen LogP contribution in [0.4, 0.5) is 17.6 Å². The first kappa shape index (κ1) is 22.4. The van der Waals surface area contributed by atoms with Crippen LogP contribution in [0.3, 0.4) is 0 Å². The Bertz CT molecular complexity index is 1070. The van der Waals surface area contributed by atoms with Crippen LogP contribution in [0.5, 0.6) is 5.75 Å². The molecular weight excluding hydrogens is 418 g/mol. The Balaban J connectivity index is 1.93. The van der Waals surface area contributed by atoms with Crippen LogP contribution in [0.2, 0.25) is 0 Å². The molecule has 31 heavy (non-hydrogen) atoms. The first-order chi connectivity index (χ1) is 14.6. The van der Waals surface area contributed by atoms with E-state index < -0.39 is 29.6 Å². The van der Waals surface area contributed by atoms with Gasteiger partial charge in [-0.1, -0.05) is 18.2 Å². The van der Waals surface area contributed by atoms with Crippen molar-refractivity contribution in [3.63, 3.8) is 0 Å². The monoisotopic (exact) mass is 437 g/mol. The summed E-state index contributed by atoms with van der Waals surface area (Å²) in [5.41, 5.74) is -1.07. The van der Waals surface area contributed by atoms with Crippen molar-refractivity contribution in [2.24, 2.45) is 0 Å². The van der Waals surface area contributed by atoms with E-state index in [9.17, 15) is 32.6 Å². The Hall–Kier alpha value is -3.33. The number of hydrogen-bond acceptors (Lipinski definition) is 3. The molecule has 0 aliphatic heterocycles. The first-order valence-electron chi connectivity index (χ1n) is 9.24. The van der Waals surface area contributed by atoms with Crippen LogP contribution in [0.1, 0.15) is 21.5 Å². The molecule has 3 rings (SSSR count). The molecule has 0 amide bonds. The van der Waals surface area contributed by atoms with Crippen LogP contribution in [-0.4, -0.2) is 33.5 Å². The fraction of sp³-hybridized carbons (Fsp3) is 0.227. The van der Waals surface area contributed by atoms with E-state index in [1.165, 1.54) is 60.2 Å². The molecule has 0 saturated carbocycles. The summed E-state index contributed by atoms with van der Waals surface area (Å²) in [6, 6.07) is 9.96. The fourth-order valence-corrected chi connectivity index (χ4v) is 3.32. The van der Waals surface area contributed by atoms with E-state index in [0.717, 1.165) is 6.07 Å². The number of aliphatic hydroxyl groups is 1. The summed E-state index contributed by atoms with van der Waals surface area (Å²) < 4.78 is 60.2. The number of hydrogen-bond donors (Lipinski definition) is 2. The number of aromatic nitrogens is 1. The zero-order chi connectivity index (χ0) is 22.8. The molecular formula is C22H19F4NO4. The number of alkyl halides is 3. The molecule has 2 N–H and O–H groups in total. The van der Waals surface area contributed by atoms with Gasteiger partial charge in [-0.2, -0.15) is 13.2 Å². The lowest BCUT2D eigenvalue weighted by atomic mass is 10.00. The van der Waals surface area contributed by atoms with Crippen LogP contribution in [0.25, 0.3) is 11.3 Å². The molecule has 2 aromatic carbocycles. The second kappa shape index (κ2) is 8.81. The quantitative estimate of drug-likeness (QED) is 0.523. The van der Waals surface area contributed by atoms with Crippen LogP contribution >= 0.6 is 0 Å². The van der Waals surface area contributed by atoms with Gasteiger partial charge in [0.15, 0.2) is 0 Å². The molecule has 0 saturated heterocycles. The Labute approximate surface area is 175 Å². The van der Waals surface area contributed by atoms with Crippen molar-refractivity contribution in [3.05, 3.63) is 77.2 Å². The topological polar surface area (TPSA) is 71.7 Å². The largest absolute Gasteiger partial charge is 0.491 e. The highest BCUT2D eigenvalue weighted by atomic mass is 19.4. The van der Waals surface area contributed by atoms with E-state index in [4.69, 9.17) is 4.74 Å². The highest BCUT2D eigenvalue weighted by molar-refractivity contribution is 5.92. The van der Waals surface area contributed by atoms with Gasteiger partial charge in [0.1, 0.15) is 24.3 Å². The number of aromatic carboxylic acids is 1. The second-order valence-corrected chi connectivity index (χ2v) is 6.94. The minimum Gasteiger partial charge on any atom is -0.491 e. The molecule has 1 atom stereocenters. The van der Waals surface area contributed by atoms with Gasteiger partial charge in [0.25, 0.3) is 0 Å². The highest BCUT2D eigenvalue weighted by Gasteiger charge is 2.35. The minimum absolute atomic E-state index is 0.0474. The third-order valence-electron chi connectivity index (χ3n) is 4.71. The van der Waals surface area contributed by atoms with E-state index in [0.29, 0.717) is 5.75 Å². The van der Waals surface area contributed by atoms with Crippen molar-refractivity contribution >= 4 is 5.97 Å². The van der Waals surface area contributed by atoms with E-state index in [-0.39, 0.29) is 35.5 Å². The Morgan fingerprint density at radius 3 is 2.39 bits per heavy atom. The summed E-state index contributed by atoms with van der Waals surface area (Å²) in [5.74, 6) is -1.44. The predicted octanol–water partition coefficient (Wildman–Crippen LogP) is 4.76. The Morgan fingerprint density at radius 1 is 1.13 bits per heavy atom. The molecule has 0 aliphatic rings. The maximum atomic E-state index is 13.5. The van der Waals surface area contributed by atoms with E-state index in [2.05, 4.69) is 0 Å². The molecule has 9 heteroatoms. The Kier molecular flexibility index (Phi) is 6.35. The number of carboxylic acid groups (broad SMARTS) is 1. The number of halogens is 4. The highest BCUT2D eigenvalue weighted by Crippen LogP contribution is 2.39. The van der Waals surface area contributed by atoms with E-state index >= 15 is 0 Å². The number of rotatable bonds is 7. The van der Waals surface area contributed by atoms with Gasteiger partial charge in [0.05, 0.1) is 23.4 Å². The third kappa shape index (κ3) is 5.05. The standard InChI is InChI=1S/C22H19F4NO4/c1-13-18(21(29)30)11-27(10-15(28)12-31-16-8-6-14(23)7-9-16)20(13)17-4-2-3-5-19(17)22(24,25)26/h2-9,11,15,28H,10,12H2,1H3,(H,29,30)/t15-/m1/s1. The van der Waals surface area contributed by atoms with Gasteiger partial charge >= 0.3 is 12.1 Å².